The maximum absolute atomic E-state index is 12.2. The van der Waals surface area contributed by atoms with Gasteiger partial charge in [0.05, 0.1) is 17.6 Å². The summed E-state index contributed by atoms with van der Waals surface area (Å²) >= 11 is 0. The van der Waals surface area contributed by atoms with E-state index < -0.39 is 22.3 Å². The van der Waals surface area contributed by atoms with E-state index >= 15 is 0 Å². The van der Waals surface area contributed by atoms with E-state index in [1.165, 1.54) is 32.0 Å². The van der Waals surface area contributed by atoms with Gasteiger partial charge in [-0.05, 0) is 26.3 Å². The number of benzene rings is 1. The molecular weight excluding hydrogens is 302 g/mol. The zero-order valence-electron chi connectivity index (χ0n) is 13.5. The van der Waals surface area contributed by atoms with E-state index in [0.717, 1.165) is 25.3 Å². The van der Waals surface area contributed by atoms with Crippen LogP contribution in [0, 0.1) is 15.5 Å². The maximum Gasteiger partial charge on any atom is 0.328 e. The SMILES string of the molecule is CCCCCOC(=O)C(C)(C)C(=O)Oc1cccc([N+](=O)[O-])c1. The van der Waals surface area contributed by atoms with Gasteiger partial charge in [-0.3, -0.25) is 19.7 Å². The molecule has 126 valence electrons. The van der Waals surface area contributed by atoms with Crippen molar-refractivity contribution in [3.63, 3.8) is 0 Å². The number of hydrogen-bond acceptors (Lipinski definition) is 6. The van der Waals surface area contributed by atoms with Gasteiger partial charge in [0.1, 0.15) is 5.75 Å². The summed E-state index contributed by atoms with van der Waals surface area (Å²) in [6.45, 7) is 5.08. The Kier molecular flexibility index (Phi) is 6.68. The number of ether oxygens (including phenoxy) is 2. The summed E-state index contributed by atoms with van der Waals surface area (Å²) in [4.78, 5) is 34.3. The fourth-order valence-electron chi connectivity index (χ4n) is 1.68. The molecule has 0 spiro atoms. The number of nitro groups is 1. The minimum Gasteiger partial charge on any atom is -0.465 e. The topological polar surface area (TPSA) is 95.7 Å². The molecule has 1 aromatic carbocycles. The van der Waals surface area contributed by atoms with Gasteiger partial charge in [-0.15, -0.1) is 0 Å². The highest BCUT2D eigenvalue weighted by Gasteiger charge is 2.40. The molecule has 0 saturated carbocycles. The van der Waals surface area contributed by atoms with Crippen molar-refractivity contribution in [2.45, 2.75) is 40.0 Å². The van der Waals surface area contributed by atoms with Gasteiger partial charge >= 0.3 is 11.9 Å². The molecule has 1 rings (SSSR count). The van der Waals surface area contributed by atoms with E-state index in [1.807, 2.05) is 6.92 Å². The minimum atomic E-state index is -1.49. The lowest BCUT2D eigenvalue weighted by Gasteiger charge is -2.20. The molecule has 0 aromatic heterocycles. The van der Waals surface area contributed by atoms with E-state index in [9.17, 15) is 19.7 Å². The Balaban J connectivity index is 2.69. The van der Waals surface area contributed by atoms with Gasteiger partial charge in [0.25, 0.3) is 5.69 Å². The fourth-order valence-corrected chi connectivity index (χ4v) is 1.68. The quantitative estimate of drug-likeness (QED) is 0.182. The molecule has 7 nitrogen and oxygen atoms in total. The summed E-state index contributed by atoms with van der Waals surface area (Å²) in [5, 5.41) is 10.7. The van der Waals surface area contributed by atoms with E-state index in [2.05, 4.69) is 0 Å². The van der Waals surface area contributed by atoms with E-state index in [4.69, 9.17) is 9.47 Å². The first-order chi connectivity index (χ1) is 10.8. The lowest BCUT2D eigenvalue weighted by molar-refractivity contribution is -0.384. The van der Waals surface area contributed by atoms with Crippen LogP contribution in [0.15, 0.2) is 24.3 Å². The number of carbonyl (C=O) groups is 2. The second-order valence-electron chi connectivity index (χ2n) is 5.61. The Bertz CT molecular complexity index is 582. The molecule has 0 unspecified atom stereocenters. The lowest BCUT2D eigenvalue weighted by Crippen LogP contribution is -2.38. The molecule has 0 N–H and O–H groups in total. The highest BCUT2D eigenvalue weighted by molar-refractivity contribution is 5.99. The molecule has 0 aliphatic rings. The number of nitrogens with zero attached hydrogens (tertiary/aromatic N) is 1. The molecule has 0 bridgehead atoms. The van der Waals surface area contributed by atoms with Gasteiger partial charge in [0.15, 0.2) is 5.41 Å². The van der Waals surface area contributed by atoms with Crippen LogP contribution in [-0.2, 0) is 14.3 Å². The molecule has 1 aromatic rings. The molecule has 23 heavy (non-hydrogen) atoms. The molecule has 0 heterocycles. The lowest BCUT2D eigenvalue weighted by atomic mass is 9.94. The zero-order chi connectivity index (χ0) is 17.5. The summed E-state index contributed by atoms with van der Waals surface area (Å²) in [7, 11) is 0. The largest absolute Gasteiger partial charge is 0.465 e. The van der Waals surface area contributed by atoms with Gasteiger partial charge in [-0.2, -0.15) is 0 Å². The second kappa shape index (κ2) is 8.26. The third-order valence-corrected chi connectivity index (χ3v) is 3.24. The molecule has 0 saturated heterocycles. The molecule has 0 amide bonds. The average Bonchev–Trinajstić information content (AvgIpc) is 2.51. The summed E-state index contributed by atoms with van der Waals surface area (Å²) < 4.78 is 10.2. The number of esters is 2. The Labute approximate surface area is 134 Å². The van der Waals surface area contributed by atoms with Gasteiger partial charge in [0, 0.05) is 6.07 Å². The number of hydrogen-bond donors (Lipinski definition) is 0. The highest BCUT2D eigenvalue weighted by Crippen LogP contribution is 2.24. The van der Waals surface area contributed by atoms with Crippen LogP contribution in [0.2, 0.25) is 0 Å². The van der Waals surface area contributed by atoms with Crippen LogP contribution in [0.4, 0.5) is 5.69 Å². The van der Waals surface area contributed by atoms with Crippen molar-refractivity contribution in [2.24, 2.45) is 5.41 Å². The van der Waals surface area contributed by atoms with Crippen LogP contribution in [0.5, 0.6) is 5.75 Å². The van der Waals surface area contributed by atoms with Crippen LogP contribution in [0.3, 0.4) is 0 Å². The van der Waals surface area contributed by atoms with Crippen molar-refractivity contribution in [1.82, 2.24) is 0 Å². The number of nitro benzene ring substituents is 1. The fraction of sp³-hybridized carbons (Fsp3) is 0.500. The third-order valence-electron chi connectivity index (χ3n) is 3.24. The number of non-ortho nitro benzene ring substituents is 1. The number of unbranched alkanes of at least 4 members (excludes halogenated alkanes) is 2. The second-order valence-corrected chi connectivity index (χ2v) is 5.61. The monoisotopic (exact) mass is 323 g/mol. The van der Waals surface area contributed by atoms with E-state index in [-0.39, 0.29) is 18.0 Å². The minimum absolute atomic E-state index is 0.0102. The Hall–Kier alpha value is -2.44. The van der Waals surface area contributed by atoms with Crippen molar-refractivity contribution >= 4 is 17.6 Å². The molecule has 0 radical (unpaired) electrons. The van der Waals surface area contributed by atoms with Gasteiger partial charge in [-0.1, -0.05) is 25.8 Å². The molecule has 0 aliphatic carbocycles. The van der Waals surface area contributed by atoms with Crippen molar-refractivity contribution in [3.05, 3.63) is 34.4 Å². The first-order valence-electron chi connectivity index (χ1n) is 7.43. The first-order valence-corrected chi connectivity index (χ1v) is 7.43. The Morgan fingerprint density at radius 3 is 2.52 bits per heavy atom. The van der Waals surface area contributed by atoms with Crippen molar-refractivity contribution < 1.29 is 24.0 Å². The van der Waals surface area contributed by atoms with Crippen molar-refractivity contribution in [2.75, 3.05) is 6.61 Å². The van der Waals surface area contributed by atoms with Crippen LogP contribution < -0.4 is 4.74 Å². The molecule has 0 atom stereocenters. The van der Waals surface area contributed by atoms with Gasteiger partial charge in [0.2, 0.25) is 0 Å². The summed E-state index contributed by atoms with van der Waals surface area (Å²) in [6.07, 6.45) is 2.67. The number of carbonyl (C=O) groups excluding carboxylic acids is 2. The highest BCUT2D eigenvalue weighted by atomic mass is 16.6. The van der Waals surface area contributed by atoms with Crippen molar-refractivity contribution in [3.8, 4) is 5.75 Å². The molecule has 0 fully saturated rings. The van der Waals surface area contributed by atoms with Gasteiger partial charge in [-0.25, -0.2) is 0 Å². The standard InChI is InChI=1S/C16H21NO6/c1-4-5-6-10-22-14(18)16(2,3)15(19)23-13-9-7-8-12(11-13)17(20)21/h7-9,11H,4-6,10H2,1-3H3. The zero-order valence-corrected chi connectivity index (χ0v) is 13.5. The summed E-state index contributed by atoms with van der Waals surface area (Å²) in [6, 6.07) is 5.22. The van der Waals surface area contributed by atoms with Gasteiger partial charge < -0.3 is 9.47 Å². The molecular formula is C16H21NO6. The Morgan fingerprint density at radius 1 is 1.22 bits per heavy atom. The summed E-state index contributed by atoms with van der Waals surface area (Å²) in [5.41, 5.74) is -1.69. The number of rotatable bonds is 8. The van der Waals surface area contributed by atoms with Crippen molar-refractivity contribution in [1.29, 1.82) is 0 Å². The van der Waals surface area contributed by atoms with Crippen LogP contribution in [0.25, 0.3) is 0 Å². The van der Waals surface area contributed by atoms with E-state index in [0.29, 0.717) is 0 Å². The summed E-state index contributed by atoms with van der Waals surface area (Å²) in [5.74, 6) is -1.49. The molecule has 0 aliphatic heterocycles. The molecule has 7 heteroatoms. The maximum atomic E-state index is 12.2. The third kappa shape index (κ3) is 5.36. The van der Waals surface area contributed by atoms with E-state index in [1.54, 1.807) is 0 Å². The predicted octanol–water partition coefficient (Wildman–Crippen LogP) is 3.26. The van der Waals surface area contributed by atoms with Crippen LogP contribution in [-0.4, -0.2) is 23.5 Å². The van der Waals surface area contributed by atoms with Crippen LogP contribution in [0.1, 0.15) is 40.0 Å². The average molecular weight is 323 g/mol. The Morgan fingerprint density at radius 2 is 1.91 bits per heavy atom. The predicted molar refractivity (Wildman–Crippen MR) is 83.0 cm³/mol. The first kappa shape index (κ1) is 18.6. The smallest absolute Gasteiger partial charge is 0.328 e. The normalized spacial score (nSPS) is 10.9. The van der Waals surface area contributed by atoms with Crippen LogP contribution >= 0.6 is 0 Å².